The summed E-state index contributed by atoms with van der Waals surface area (Å²) in [4.78, 5) is 1.97. The van der Waals surface area contributed by atoms with Gasteiger partial charge in [-0.2, -0.15) is 0 Å². The van der Waals surface area contributed by atoms with Gasteiger partial charge in [0.05, 0.1) is 37.1 Å². The van der Waals surface area contributed by atoms with E-state index in [0.717, 1.165) is 5.56 Å². The van der Waals surface area contributed by atoms with Crippen molar-refractivity contribution in [2.45, 2.75) is 88.5 Å². The van der Waals surface area contributed by atoms with E-state index in [4.69, 9.17) is 28.4 Å². The molecule has 2 aliphatic heterocycles. The van der Waals surface area contributed by atoms with Crippen LogP contribution >= 0.6 is 0 Å². The molecule has 8 nitrogen and oxygen atoms in total. The maximum absolute atomic E-state index is 10.8. The van der Waals surface area contributed by atoms with Gasteiger partial charge in [0.15, 0.2) is 6.29 Å². The standard InChI is InChI=1S/C24H39NO7/c1-14-19(26)18(25(4)5)20(15(2)30-14)32-24-23(28-7)22(21(27-6)16(3)31-24)29-13-17-11-9-8-10-12-17/h8-12,14-16,18-24,26H,13H2,1-7H3/t14?,15-,16-,18-,19+,20-,21-,22+,23-,24+/m1/s1. The first-order valence-electron chi connectivity index (χ1n) is 11.3. The van der Waals surface area contributed by atoms with Crippen molar-refractivity contribution >= 4 is 0 Å². The van der Waals surface area contributed by atoms with Crippen molar-refractivity contribution in [1.29, 1.82) is 0 Å². The van der Waals surface area contributed by atoms with Gasteiger partial charge in [-0.3, -0.25) is 0 Å². The lowest BCUT2D eigenvalue weighted by Gasteiger charge is -2.49. The predicted molar refractivity (Wildman–Crippen MR) is 119 cm³/mol. The normalized spacial score (nSPS) is 40.5. The molecule has 8 heteroatoms. The van der Waals surface area contributed by atoms with Crippen LogP contribution in [0.15, 0.2) is 30.3 Å². The average Bonchev–Trinajstić information content (AvgIpc) is 2.76. The predicted octanol–water partition coefficient (Wildman–Crippen LogP) is 1.83. The average molecular weight is 454 g/mol. The smallest absolute Gasteiger partial charge is 0.187 e. The molecule has 0 radical (unpaired) electrons. The summed E-state index contributed by atoms with van der Waals surface area (Å²) < 4.78 is 36.5. The molecule has 0 spiro atoms. The summed E-state index contributed by atoms with van der Waals surface area (Å²) in [5.74, 6) is 0. The lowest BCUT2D eigenvalue weighted by atomic mass is 9.92. The van der Waals surface area contributed by atoms with Crippen LogP contribution in [0, 0.1) is 0 Å². The highest BCUT2D eigenvalue weighted by molar-refractivity contribution is 5.13. The minimum atomic E-state index is -0.707. The first kappa shape index (κ1) is 25.5. The van der Waals surface area contributed by atoms with Gasteiger partial charge in [-0.05, 0) is 40.4 Å². The number of nitrogens with zero attached hydrogens (tertiary/aromatic N) is 1. The fourth-order valence-electron chi connectivity index (χ4n) is 4.80. The highest BCUT2D eigenvalue weighted by Crippen LogP contribution is 2.33. The molecule has 1 unspecified atom stereocenters. The van der Waals surface area contributed by atoms with Gasteiger partial charge in [-0.15, -0.1) is 0 Å². The van der Waals surface area contributed by atoms with Crippen molar-refractivity contribution in [3.8, 4) is 0 Å². The van der Waals surface area contributed by atoms with Gasteiger partial charge >= 0.3 is 0 Å². The summed E-state index contributed by atoms with van der Waals surface area (Å²) in [6.45, 7) is 6.20. The van der Waals surface area contributed by atoms with E-state index in [1.165, 1.54) is 0 Å². The van der Waals surface area contributed by atoms with E-state index in [1.54, 1.807) is 14.2 Å². The molecule has 1 aromatic rings. The number of rotatable bonds is 8. The zero-order chi connectivity index (χ0) is 23.4. The van der Waals surface area contributed by atoms with Gasteiger partial charge in [0.25, 0.3) is 0 Å². The van der Waals surface area contributed by atoms with Gasteiger partial charge < -0.3 is 38.4 Å². The summed E-state index contributed by atoms with van der Waals surface area (Å²) in [6, 6.07) is 9.73. The summed E-state index contributed by atoms with van der Waals surface area (Å²) >= 11 is 0. The highest BCUT2D eigenvalue weighted by atomic mass is 16.7. The molecule has 2 heterocycles. The number of likely N-dealkylation sites (N-methyl/N-ethyl adjacent to an activating group) is 1. The van der Waals surface area contributed by atoms with Crippen molar-refractivity contribution in [3.05, 3.63) is 35.9 Å². The number of ether oxygens (including phenoxy) is 6. The molecule has 2 aliphatic rings. The number of methoxy groups -OCH3 is 2. The molecule has 1 N–H and O–H groups in total. The first-order valence-corrected chi connectivity index (χ1v) is 11.3. The summed E-state index contributed by atoms with van der Waals surface area (Å²) in [7, 11) is 7.13. The zero-order valence-electron chi connectivity index (χ0n) is 20.2. The van der Waals surface area contributed by atoms with Crippen LogP contribution in [-0.4, -0.2) is 99.5 Å². The van der Waals surface area contributed by atoms with Crippen LogP contribution in [0.2, 0.25) is 0 Å². The van der Waals surface area contributed by atoms with Crippen LogP contribution in [0.25, 0.3) is 0 Å². The number of aliphatic hydroxyl groups is 1. The van der Waals surface area contributed by atoms with Crippen LogP contribution in [0.1, 0.15) is 26.3 Å². The van der Waals surface area contributed by atoms with Crippen LogP contribution in [0.3, 0.4) is 0 Å². The number of aliphatic hydroxyl groups excluding tert-OH is 1. The first-order chi connectivity index (χ1) is 15.3. The summed E-state index contributed by atoms with van der Waals surface area (Å²) in [5.41, 5.74) is 1.06. The Bertz CT molecular complexity index is 690. The third-order valence-electron chi connectivity index (χ3n) is 6.50. The van der Waals surface area contributed by atoms with E-state index >= 15 is 0 Å². The quantitative estimate of drug-likeness (QED) is 0.639. The van der Waals surface area contributed by atoms with Crippen molar-refractivity contribution < 1.29 is 33.5 Å². The van der Waals surface area contributed by atoms with Crippen molar-refractivity contribution in [2.75, 3.05) is 28.3 Å². The molecule has 0 saturated carbocycles. The second-order valence-electron chi connectivity index (χ2n) is 8.96. The molecule has 2 fully saturated rings. The Morgan fingerprint density at radius 3 is 2.06 bits per heavy atom. The third-order valence-corrected chi connectivity index (χ3v) is 6.50. The summed E-state index contributed by atoms with van der Waals surface area (Å²) in [6.07, 6.45) is -3.86. The monoisotopic (exact) mass is 453 g/mol. The lowest BCUT2D eigenvalue weighted by molar-refractivity contribution is -0.338. The maximum atomic E-state index is 10.8. The van der Waals surface area contributed by atoms with E-state index in [9.17, 15) is 5.11 Å². The van der Waals surface area contributed by atoms with Gasteiger partial charge in [-0.1, -0.05) is 30.3 Å². The molecule has 32 heavy (non-hydrogen) atoms. The lowest BCUT2D eigenvalue weighted by Crippen LogP contribution is -2.65. The van der Waals surface area contributed by atoms with E-state index in [-0.39, 0.29) is 30.5 Å². The van der Waals surface area contributed by atoms with E-state index in [0.29, 0.717) is 6.61 Å². The molecule has 2 saturated heterocycles. The van der Waals surface area contributed by atoms with Gasteiger partial charge in [0.1, 0.15) is 24.4 Å². The van der Waals surface area contributed by atoms with Gasteiger partial charge in [0.2, 0.25) is 0 Å². The minimum absolute atomic E-state index is 0.235. The molecule has 0 amide bonds. The number of hydrogen-bond acceptors (Lipinski definition) is 8. The maximum Gasteiger partial charge on any atom is 0.187 e. The highest BCUT2D eigenvalue weighted by Gasteiger charge is 2.50. The Labute approximate surface area is 191 Å². The minimum Gasteiger partial charge on any atom is -0.389 e. The second kappa shape index (κ2) is 11.4. The Morgan fingerprint density at radius 2 is 1.47 bits per heavy atom. The zero-order valence-corrected chi connectivity index (χ0v) is 20.2. The molecule has 10 atom stereocenters. The molecule has 0 aromatic heterocycles. The Morgan fingerprint density at radius 1 is 0.844 bits per heavy atom. The Balaban J connectivity index is 1.80. The van der Waals surface area contributed by atoms with E-state index in [2.05, 4.69) is 0 Å². The molecule has 3 rings (SSSR count). The van der Waals surface area contributed by atoms with Crippen LogP contribution in [0.5, 0.6) is 0 Å². The Kier molecular flexibility index (Phi) is 9.05. The van der Waals surface area contributed by atoms with Crippen LogP contribution < -0.4 is 0 Å². The van der Waals surface area contributed by atoms with Crippen LogP contribution in [-0.2, 0) is 35.0 Å². The fourth-order valence-corrected chi connectivity index (χ4v) is 4.80. The largest absolute Gasteiger partial charge is 0.389 e. The molecule has 0 aliphatic carbocycles. The third kappa shape index (κ3) is 5.51. The molecule has 0 bridgehead atoms. The van der Waals surface area contributed by atoms with Gasteiger partial charge in [0, 0.05) is 14.2 Å². The fraction of sp³-hybridized carbons (Fsp3) is 0.750. The van der Waals surface area contributed by atoms with Crippen molar-refractivity contribution in [2.24, 2.45) is 0 Å². The Hall–Kier alpha value is -1.10. The van der Waals surface area contributed by atoms with E-state index in [1.807, 2.05) is 70.1 Å². The van der Waals surface area contributed by atoms with Crippen molar-refractivity contribution in [3.63, 3.8) is 0 Å². The molecule has 182 valence electrons. The number of hydrogen-bond donors (Lipinski definition) is 1. The SMILES string of the molecule is CO[C@H]1[C@H](O[C@H]2[C@H](N(C)C)[C@@H](O)C(C)O[C@@H]2C)O[C@H](C)[C@@H](OC)[C@@H]1OCc1ccccc1. The van der Waals surface area contributed by atoms with Gasteiger partial charge in [-0.25, -0.2) is 0 Å². The number of benzene rings is 1. The van der Waals surface area contributed by atoms with Crippen molar-refractivity contribution in [1.82, 2.24) is 4.90 Å². The summed E-state index contributed by atoms with van der Waals surface area (Å²) in [5, 5.41) is 10.8. The molecular weight excluding hydrogens is 414 g/mol. The molecule has 1 aromatic carbocycles. The topological polar surface area (TPSA) is 78.9 Å². The molecular formula is C24H39NO7. The van der Waals surface area contributed by atoms with E-state index < -0.39 is 30.7 Å². The second-order valence-corrected chi connectivity index (χ2v) is 8.96. The van der Waals surface area contributed by atoms with Crippen LogP contribution in [0.4, 0.5) is 0 Å².